The lowest BCUT2D eigenvalue weighted by atomic mass is 9.93. The van der Waals surface area contributed by atoms with Gasteiger partial charge in [0, 0.05) is 22.4 Å². The van der Waals surface area contributed by atoms with Gasteiger partial charge in [-0.05, 0) is 42.7 Å². The number of carbonyl (C=O) groups is 1. The average Bonchev–Trinajstić information content (AvgIpc) is 2.67. The molecule has 1 atom stereocenters. The maximum atomic E-state index is 12.1. The molecule has 0 radical (unpaired) electrons. The first-order valence-corrected chi connectivity index (χ1v) is 9.05. The first-order chi connectivity index (χ1) is 13.3. The van der Waals surface area contributed by atoms with Gasteiger partial charge in [0.25, 0.3) is 5.56 Å². The van der Waals surface area contributed by atoms with Crippen molar-refractivity contribution in [2.75, 3.05) is 13.7 Å². The van der Waals surface area contributed by atoms with Crippen molar-refractivity contribution < 1.29 is 14.3 Å². The fraction of sp³-hybridized carbons (Fsp3) is 0.273. The van der Waals surface area contributed by atoms with E-state index in [9.17, 15) is 9.59 Å². The molecule has 28 heavy (non-hydrogen) atoms. The highest BCUT2D eigenvalue weighted by molar-refractivity contribution is 5.99. The Morgan fingerprint density at radius 3 is 2.43 bits per heavy atom. The predicted octanol–water partition coefficient (Wildman–Crippen LogP) is 4.02. The van der Waals surface area contributed by atoms with Crippen molar-refractivity contribution in [3.05, 3.63) is 63.4 Å². The second-order valence-corrected chi connectivity index (χ2v) is 6.99. The molecule has 0 aliphatic carbocycles. The molecular weight excluding hydrogens is 356 g/mol. The van der Waals surface area contributed by atoms with Crippen LogP contribution in [0.25, 0.3) is 22.0 Å². The number of hydrogen-bond acceptors (Lipinski definition) is 4. The van der Waals surface area contributed by atoms with Crippen LogP contribution in [0.5, 0.6) is 5.75 Å². The van der Waals surface area contributed by atoms with Crippen molar-refractivity contribution in [1.29, 1.82) is 0 Å². The third-order valence-corrected chi connectivity index (χ3v) is 4.95. The number of pyridine rings is 1. The molecule has 1 amide bonds. The van der Waals surface area contributed by atoms with Crippen LogP contribution in [0.15, 0.2) is 41.2 Å². The summed E-state index contributed by atoms with van der Waals surface area (Å²) in [6.07, 6.45) is -0.774. The number of H-pyrrole nitrogens is 1. The van der Waals surface area contributed by atoms with Crippen LogP contribution in [0, 0.1) is 13.8 Å². The maximum Gasteiger partial charge on any atom is 0.404 e. The second-order valence-electron chi connectivity index (χ2n) is 6.99. The summed E-state index contributed by atoms with van der Waals surface area (Å²) in [5.74, 6) is 0.770. The lowest BCUT2D eigenvalue weighted by Gasteiger charge is -2.16. The molecule has 0 aliphatic heterocycles. The Kier molecular flexibility index (Phi) is 5.40. The SMILES string of the molecule is COc1cc(C)c2[nH]c(=O)c(C)cc2c1-c1ccc([C@@H](C)COC(N)=O)cc1. The van der Waals surface area contributed by atoms with Gasteiger partial charge in [-0.25, -0.2) is 4.79 Å². The van der Waals surface area contributed by atoms with Crippen LogP contribution in [-0.4, -0.2) is 24.8 Å². The van der Waals surface area contributed by atoms with Crippen molar-refractivity contribution in [3.63, 3.8) is 0 Å². The van der Waals surface area contributed by atoms with Crippen molar-refractivity contribution >= 4 is 17.0 Å². The Hall–Kier alpha value is -3.28. The van der Waals surface area contributed by atoms with Crippen LogP contribution in [0.1, 0.15) is 29.5 Å². The van der Waals surface area contributed by atoms with Gasteiger partial charge in [-0.1, -0.05) is 31.2 Å². The predicted molar refractivity (Wildman–Crippen MR) is 110 cm³/mol. The number of aromatic amines is 1. The quantitative estimate of drug-likeness (QED) is 0.699. The number of hydrogen-bond donors (Lipinski definition) is 2. The molecule has 0 unspecified atom stereocenters. The van der Waals surface area contributed by atoms with E-state index in [1.807, 2.05) is 50.2 Å². The van der Waals surface area contributed by atoms with Gasteiger partial charge >= 0.3 is 6.09 Å². The highest BCUT2D eigenvalue weighted by atomic mass is 16.5. The van der Waals surface area contributed by atoms with Gasteiger partial charge < -0.3 is 20.2 Å². The summed E-state index contributed by atoms with van der Waals surface area (Å²) in [4.78, 5) is 25.9. The molecule has 1 heterocycles. The van der Waals surface area contributed by atoms with E-state index >= 15 is 0 Å². The first kappa shape index (κ1) is 19.5. The minimum Gasteiger partial charge on any atom is -0.496 e. The summed E-state index contributed by atoms with van der Waals surface area (Å²) in [6.45, 7) is 5.93. The minimum absolute atomic E-state index is 0.0248. The molecular formula is C22H24N2O4. The molecule has 0 fully saturated rings. The molecule has 3 rings (SSSR count). The number of rotatable bonds is 5. The van der Waals surface area contributed by atoms with Gasteiger partial charge in [0.2, 0.25) is 0 Å². The molecule has 6 heteroatoms. The summed E-state index contributed by atoms with van der Waals surface area (Å²) >= 11 is 0. The smallest absolute Gasteiger partial charge is 0.404 e. The molecule has 1 aromatic heterocycles. The monoisotopic (exact) mass is 380 g/mol. The van der Waals surface area contributed by atoms with E-state index in [2.05, 4.69) is 4.98 Å². The zero-order valence-corrected chi connectivity index (χ0v) is 16.5. The van der Waals surface area contributed by atoms with Crippen LogP contribution in [0.3, 0.4) is 0 Å². The Morgan fingerprint density at radius 2 is 1.82 bits per heavy atom. The van der Waals surface area contributed by atoms with E-state index < -0.39 is 6.09 Å². The van der Waals surface area contributed by atoms with Gasteiger partial charge in [0.1, 0.15) is 5.75 Å². The Morgan fingerprint density at radius 1 is 1.14 bits per heavy atom. The highest BCUT2D eigenvalue weighted by Crippen LogP contribution is 2.38. The van der Waals surface area contributed by atoms with Gasteiger partial charge in [0.15, 0.2) is 0 Å². The van der Waals surface area contributed by atoms with Crippen LogP contribution < -0.4 is 16.0 Å². The van der Waals surface area contributed by atoms with Crippen LogP contribution in [0.4, 0.5) is 4.79 Å². The van der Waals surface area contributed by atoms with Crippen LogP contribution in [-0.2, 0) is 4.74 Å². The van der Waals surface area contributed by atoms with Gasteiger partial charge in [0.05, 0.1) is 19.2 Å². The molecule has 2 aromatic carbocycles. The number of benzene rings is 2. The first-order valence-electron chi connectivity index (χ1n) is 9.05. The maximum absolute atomic E-state index is 12.1. The third kappa shape index (κ3) is 3.71. The Balaban J connectivity index is 2.10. The van der Waals surface area contributed by atoms with Crippen molar-refractivity contribution in [2.45, 2.75) is 26.7 Å². The molecule has 146 valence electrons. The highest BCUT2D eigenvalue weighted by Gasteiger charge is 2.16. The molecule has 0 aliphatic rings. The Labute approximate surface area is 163 Å². The van der Waals surface area contributed by atoms with Crippen molar-refractivity contribution in [2.24, 2.45) is 5.73 Å². The molecule has 6 nitrogen and oxygen atoms in total. The normalized spacial score (nSPS) is 12.0. The van der Waals surface area contributed by atoms with E-state index in [1.54, 1.807) is 14.0 Å². The largest absolute Gasteiger partial charge is 0.496 e. The van der Waals surface area contributed by atoms with Crippen LogP contribution >= 0.6 is 0 Å². The lowest BCUT2D eigenvalue weighted by molar-refractivity contribution is 0.151. The zero-order valence-electron chi connectivity index (χ0n) is 16.5. The summed E-state index contributed by atoms with van der Waals surface area (Å²) in [5, 5.41) is 0.937. The van der Waals surface area contributed by atoms with E-state index in [1.165, 1.54) is 0 Å². The fourth-order valence-corrected chi connectivity index (χ4v) is 3.36. The number of fused-ring (bicyclic) bond motifs is 1. The lowest BCUT2D eigenvalue weighted by Crippen LogP contribution is -2.16. The van der Waals surface area contributed by atoms with Crippen LogP contribution in [0.2, 0.25) is 0 Å². The molecule has 0 saturated carbocycles. The number of methoxy groups -OCH3 is 1. The Bertz CT molecular complexity index is 1080. The standard InChI is InChI=1S/C22H24N2O4/c1-12-10-18(27-4)19(17-9-13(2)21(25)24-20(12)17)16-7-5-15(6-8-16)14(3)11-28-22(23)26/h5-10,14H,11H2,1-4H3,(H2,23,26)(H,24,25)/t14-/m0/s1. The number of nitrogens with one attached hydrogen (secondary N) is 1. The number of amides is 1. The molecule has 0 spiro atoms. The number of primary amides is 1. The number of ether oxygens (including phenoxy) is 2. The fourth-order valence-electron chi connectivity index (χ4n) is 3.36. The van der Waals surface area contributed by atoms with E-state index in [0.29, 0.717) is 5.56 Å². The summed E-state index contributed by atoms with van der Waals surface area (Å²) in [5.41, 5.74) is 10.3. The number of aryl methyl sites for hydroxylation is 2. The van der Waals surface area contributed by atoms with Crippen molar-refractivity contribution in [3.8, 4) is 16.9 Å². The molecule has 3 aromatic rings. The summed E-state index contributed by atoms with van der Waals surface area (Å²) in [6, 6.07) is 11.8. The van der Waals surface area contributed by atoms with Gasteiger partial charge in [-0.3, -0.25) is 4.79 Å². The molecule has 0 bridgehead atoms. The number of carbonyl (C=O) groups excluding carboxylic acids is 1. The van der Waals surface area contributed by atoms with Gasteiger partial charge in [-0.15, -0.1) is 0 Å². The minimum atomic E-state index is -0.774. The average molecular weight is 380 g/mol. The molecule has 3 N–H and O–H groups in total. The second kappa shape index (κ2) is 7.76. The number of aromatic nitrogens is 1. The van der Waals surface area contributed by atoms with Crippen molar-refractivity contribution in [1.82, 2.24) is 4.98 Å². The van der Waals surface area contributed by atoms with E-state index in [4.69, 9.17) is 15.2 Å². The number of nitrogens with two attached hydrogens (primary N) is 1. The third-order valence-electron chi connectivity index (χ3n) is 4.95. The van der Waals surface area contributed by atoms with E-state index in [-0.39, 0.29) is 18.1 Å². The molecule has 0 saturated heterocycles. The van der Waals surface area contributed by atoms with Gasteiger partial charge in [-0.2, -0.15) is 0 Å². The summed E-state index contributed by atoms with van der Waals surface area (Å²) in [7, 11) is 1.64. The van der Waals surface area contributed by atoms with E-state index in [0.717, 1.165) is 38.9 Å². The zero-order chi connectivity index (χ0) is 20.4. The summed E-state index contributed by atoms with van der Waals surface area (Å²) < 4.78 is 10.5. The topological polar surface area (TPSA) is 94.4 Å².